The van der Waals surface area contributed by atoms with Crippen molar-refractivity contribution in [2.24, 2.45) is 0 Å². The van der Waals surface area contributed by atoms with E-state index in [9.17, 15) is 27.6 Å². The van der Waals surface area contributed by atoms with Gasteiger partial charge in [-0.15, -0.1) is 11.3 Å². The zero-order chi connectivity index (χ0) is 37.3. The maximum Gasteiger partial charge on any atom is 0.417 e. The van der Waals surface area contributed by atoms with Crippen LogP contribution in [0.1, 0.15) is 34.3 Å². The van der Waals surface area contributed by atoms with Crippen molar-refractivity contribution in [3.8, 4) is 27.4 Å². The lowest BCUT2D eigenvalue weighted by Crippen LogP contribution is -2.52. The summed E-state index contributed by atoms with van der Waals surface area (Å²) in [5.74, 6) is 0.170. The Morgan fingerprint density at radius 1 is 0.981 bits per heavy atom. The normalized spacial score (nSPS) is 15.8. The molecule has 11 nitrogen and oxygen atoms in total. The summed E-state index contributed by atoms with van der Waals surface area (Å²) in [5, 5.41) is 5.85. The predicted octanol–water partition coefficient (Wildman–Crippen LogP) is 6.38. The van der Waals surface area contributed by atoms with Crippen molar-refractivity contribution in [3.05, 3.63) is 89.6 Å². The van der Waals surface area contributed by atoms with E-state index < -0.39 is 23.7 Å². The molecular weight excluding hydrogens is 710 g/mol. The summed E-state index contributed by atoms with van der Waals surface area (Å²) in [5.41, 5.74) is 2.80. The minimum absolute atomic E-state index is 0.0177. The Hall–Kier alpha value is -5.54. The molecule has 15 heteroatoms. The molecule has 3 aromatic carbocycles. The van der Waals surface area contributed by atoms with E-state index in [2.05, 4.69) is 20.6 Å². The van der Waals surface area contributed by atoms with Gasteiger partial charge >= 0.3 is 6.18 Å². The molecule has 5 aromatic rings. The van der Waals surface area contributed by atoms with Gasteiger partial charge in [-0.3, -0.25) is 19.7 Å². The highest BCUT2D eigenvalue weighted by Crippen LogP contribution is 2.42. The fraction of sp³-hybridized carbons (Fsp3) is 0.289. The number of alkyl halides is 3. The quantitative estimate of drug-likeness (QED) is 0.111. The molecule has 0 radical (unpaired) electrons. The van der Waals surface area contributed by atoms with Crippen molar-refractivity contribution >= 4 is 50.8 Å². The average molecular weight is 745 g/mol. The second-order valence-electron chi connectivity index (χ2n) is 12.8. The summed E-state index contributed by atoms with van der Waals surface area (Å²) in [6.07, 6.45) is -2.56. The first kappa shape index (κ1) is 35.8. The van der Waals surface area contributed by atoms with E-state index in [-0.39, 0.29) is 55.0 Å². The molecule has 53 heavy (non-hydrogen) atoms. The summed E-state index contributed by atoms with van der Waals surface area (Å²) in [6.45, 7) is 1.56. The number of hydrogen-bond acceptors (Lipinski definition) is 10. The molecule has 1 atom stereocenters. The van der Waals surface area contributed by atoms with Crippen molar-refractivity contribution in [2.75, 3.05) is 50.7 Å². The third-order valence-corrected chi connectivity index (χ3v) is 10.1. The van der Waals surface area contributed by atoms with Crippen LogP contribution in [0.3, 0.4) is 0 Å². The van der Waals surface area contributed by atoms with Crippen LogP contribution in [0, 0.1) is 0 Å². The van der Waals surface area contributed by atoms with Gasteiger partial charge in [0.1, 0.15) is 29.2 Å². The minimum atomic E-state index is -4.59. The maximum atomic E-state index is 14.3. The van der Waals surface area contributed by atoms with Gasteiger partial charge in [0.05, 0.1) is 35.5 Å². The number of nitrogens with zero attached hydrogens (tertiary/aromatic N) is 4. The summed E-state index contributed by atoms with van der Waals surface area (Å²) in [4.78, 5) is 49.1. The number of benzene rings is 3. The van der Waals surface area contributed by atoms with E-state index in [0.29, 0.717) is 52.5 Å². The molecule has 1 unspecified atom stereocenters. The number of hydrogen-bond donors (Lipinski definition) is 2. The van der Waals surface area contributed by atoms with Crippen LogP contribution in [-0.4, -0.2) is 79.1 Å². The first-order valence-electron chi connectivity index (χ1n) is 16.9. The number of anilines is 2. The first-order chi connectivity index (χ1) is 25.5. The molecule has 0 spiro atoms. The molecule has 2 N–H and O–H groups in total. The molecule has 2 aromatic heterocycles. The van der Waals surface area contributed by atoms with Crippen LogP contribution in [0.25, 0.3) is 31.9 Å². The summed E-state index contributed by atoms with van der Waals surface area (Å²) < 4.78 is 55.4. The van der Waals surface area contributed by atoms with E-state index in [1.807, 2.05) is 31.1 Å². The highest BCUT2D eigenvalue weighted by molar-refractivity contribution is 7.21. The largest absolute Gasteiger partial charge is 0.491 e. The zero-order valence-corrected chi connectivity index (χ0v) is 29.6. The number of pyridine rings is 1. The van der Waals surface area contributed by atoms with Crippen LogP contribution in [0.15, 0.2) is 72.9 Å². The molecule has 2 aliphatic rings. The smallest absolute Gasteiger partial charge is 0.417 e. The molecule has 0 bridgehead atoms. The van der Waals surface area contributed by atoms with Gasteiger partial charge in [0.2, 0.25) is 11.8 Å². The highest BCUT2D eigenvalue weighted by atomic mass is 32.1. The predicted molar refractivity (Wildman–Crippen MR) is 195 cm³/mol. The molecule has 3 amide bonds. The van der Waals surface area contributed by atoms with Crippen molar-refractivity contribution < 1.29 is 37.0 Å². The lowest BCUT2D eigenvalue weighted by atomic mass is 10.00. The van der Waals surface area contributed by atoms with Crippen molar-refractivity contribution in [1.29, 1.82) is 0 Å². The van der Waals surface area contributed by atoms with Crippen LogP contribution < -0.4 is 20.3 Å². The van der Waals surface area contributed by atoms with Crippen molar-refractivity contribution in [2.45, 2.75) is 31.6 Å². The van der Waals surface area contributed by atoms with Gasteiger partial charge in [-0.2, -0.15) is 13.2 Å². The number of carbonyl (C=O) groups is 3. The topological polar surface area (TPSA) is 126 Å². The standard InChI is InChI=1S/C38H35F3N6O5S/c1-46(2)33-12-7-23(20-43-33)22-6-9-26(28(18-22)38(39,40)41)36-44-29-10-8-24(19-32(29)53-36)42-14-15-51-16-17-52-31-5-3-4-25-27(31)21-47(37(25)50)30-11-13-34(48)45-35(30)49/h3-10,12,18-20,30,42H,11,13-17,21H2,1-2H3,(H,45,48,49). The summed E-state index contributed by atoms with van der Waals surface area (Å²) in [6, 6.07) is 17.7. The molecule has 0 aliphatic carbocycles. The number of halogens is 3. The van der Waals surface area contributed by atoms with E-state index in [1.54, 1.807) is 48.7 Å². The second kappa shape index (κ2) is 14.8. The third kappa shape index (κ3) is 7.66. The Balaban J connectivity index is 0.924. The summed E-state index contributed by atoms with van der Waals surface area (Å²) in [7, 11) is 3.69. The Morgan fingerprint density at radius 2 is 1.81 bits per heavy atom. The van der Waals surface area contributed by atoms with Gasteiger partial charge in [0, 0.05) is 61.2 Å². The monoisotopic (exact) mass is 744 g/mol. The lowest BCUT2D eigenvalue weighted by molar-refractivity contribution is -0.138. The molecular formula is C38H35F3N6O5S. The van der Waals surface area contributed by atoms with Gasteiger partial charge in [-0.05, 0) is 60.5 Å². The van der Waals surface area contributed by atoms with Gasteiger partial charge in [0.15, 0.2) is 0 Å². The Bertz CT molecular complexity index is 2190. The van der Waals surface area contributed by atoms with E-state index in [1.165, 1.54) is 22.3 Å². The van der Waals surface area contributed by atoms with Crippen LogP contribution in [-0.2, 0) is 27.0 Å². The number of carbonyl (C=O) groups excluding carboxylic acids is 3. The molecule has 7 rings (SSSR count). The summed E-state index contributed by atoms with van der Waals surface area (Å²) >= 11 is 1.19. The average Bonchev–Trinajstić information content (AvgIpc) is 3.71. The third-order valence-electron chi connectivity index (χ3n) is 9.08. The van der Waals surface area contributed by atoms with Gasteiger partial charge < -0.3 is 24.6 Å². The fourth-order valence-electron chi connectivity index (χ4n) is 6.39. The molecule has 2 aliphatic heterocycles. The highest BCUT2D eigenvalue weighted by Gasteiger charge is 2.40. The molecule has 0 saturated carbocycles. The number of aromatic nitrogens is 2. The number of rotatable bonds is 12. The van der Waals surface area contributed by atoms with Crippen molar-refractivity contribution in [1.82, 2.24) is 20.2 Å². The lowest BCUT2D eigenvalue weighted by Gasteiger charge is -2.29. The number of nitrogens with one attached hydrogen (secondary N) is 2. The van der Waals surface area contributed by atoms with E-state index >= 15 is 0 Å². The molecule has 1 saturated heterocycles. The van der Waals surface area contributed by atoms with Crippen LogP contribution in [0.5, 0.6) is 5.75 Å². The number of amides is 3. The van der Waals surface area contributed by atoms with Crippen LogP contribution in [0.2, 0.25) is 0 Å². The van der Waals surface area contributed by atoms with E-state index in [0.717, 1.165) is 16.5 Å². The number of imide groups is 1. The Morgan fingerprint density at radius 3 is 2.57 bits per heavy atom. The number of piperidine rings is 1. The SMILES string of the molecule is CN(C)c1ccc(-c2ccc(-c3nc4ccc(NCCOCCOc5cccc6c5CN(C5CCC(=O)NC5=O)C6=O)cc4s3)c(C(F)(F)F)c2)cn1. The number of ether oxygens (including phenoxy) is 2. The van der Waals surface area contributed by atoms with Crippen LogP contribution in [0.4, 0.5) is 24.7 Å². The Labute approximate surface area is 306 Å². The second-order valence-corrected chi connectivity index (χ2v) is 13.9. The zero-order valence-electron chi connectivity index (χ0n) is 28.8. The maximum absolute atomic E-state index is 14.3. The van der Waals surface area contributed by atoms with E-state index in [4.69, 9.17) is 9.47 Å². The number of fused-ring (bicyclic) bond motifs is 2. The first-order valence-corrected chi connectivity index (χ1v) is 17.7. The van der Waals surface area contributed by atoms with Gasteiger partial charge in [0.25, 0.3) is 5.91 Å². The van der Waals surface area contributed by atoms with Crippen LogP contribution >= 0.6 is 11.3 Å². The molecule has 4 heterocycles. The number of thiazole rings is 1. The Kier molecular flexibility index (Phi) is 10.0. The molecule has 274 valence electrons. The molecule has 1 fully saturated rings. The minimum Gasteiger partial charge on any atom is -0.491 e. The van der Waals surface area contributed by atoms with Crippen molar-refractivity contribution in [3.63, 3.8) is 0 Å². The van der Waals surface area contributed by atoms with Gasteiger partial charge in [-0.25, -0.2) is 9.97 Å². The fourth-order valence-corrected chi connectivity index (χ4v) is 7.43. The van der Waals surface area contributed by atoms with Gasteiger partial charge in [-0.1, -0.05) is 18.2 Å².